The first-order valence-electron chi connectivity index (χ1n) is 5.30. The van der Waals surface area contributed by atoms with Crippen LogP contribution < -0.4 is 11.1 Å². The van der Waals surface area contributed by atoms with Gasteiger partial charge in [0, 0.05) is 6.20 Å². The van der Waals surface area contributed by atoms with Crippen molar-refractivity contribution in [2.24, 2.45) is 11.1 Å². The lowest BCUT2D eigenvalue weighted by Crippen LogP contribution is -2.45. The number of aryl methyl sites for hydroxylation is 1. The van der Waals surface area contributed by atoms with E-state index in [2.05, 4.69) is 10.3 Å². The molecule has 0 fully saturated rings. The van der Waals surface area contributed by atoms with Gasteiger partial charge in [0.05, 0.1) is 17.4 Å². The van der Waals surface area contributed by atoms with Crippen LogP contribution in [0.1, 0.15) is 26.5 Å². The van der Waals surface area contributed by atoms with E-state index < -0.39 is 6.04 Å². The highest BCUT2D eigenvalue weighted by Gasteiger charge is 2.27. The van der Waals surface area contributed by atoms with E-state index in [0.717, 1.165) is 5.69 Å². The average Bonchev–Trinajstić information content (AvgIpc) is 2.19. The van der Waals surface area contributed by atoms with Gasteiger partial charge >= 0.3 is 0 Å². The van der Waals surface area contributed by atoms with Crippen LogP contribution in [0.5, 0.6) is 0 Å². The first-order valence-corrected chi connectivity index (χ1v) is 5.30. The lowest BCUT2D eigenvalue weighted by molar-refractivity contribution is -0.119. The lowest BCUT2D eigenvalue weighted by atomic mass is 9.87. The highest BCUT2D eigenvalue weighted by molar-refractivity contribution is 5.95. The molecule has 0 aliphatic heterocycles. The standard InChI is InChI=1S/C12H19N3O.2ClH/c1-8-9(6-5-7-14-8)15-11(16)10(13)12(2,3)4;;/h5-7,10H,13H2,1-4H3,(H,15,16);2*1H/t10-;;/m1../s1. The summed E-state index contributed by atoms with van der Waals surface area (Å²) in [5.74, 6) is -0.177. The van der Waals surface area contributed by atoms with Gasteiger partial charge in [-0.05, 0) is 24.5 Å². The SMILES string of the molecule is Cc1ncccc1NC(=O)[C@@H](N)C(C)(C)C.Cl.Cl. The zero-order valence-corrected chi connectivity index (χ0v) is 12.7. The number of nitrogens with one attached hydrogen (secondary N) is 1. The van der Waals surface area contributed by atoms with E-state index in [1.54, 1.807) is 12.3 Å². The van der Waals surface area contributed by atoms with E-state index in [4.69, 9.17) is 5.73 Å². The van der Waals surface area contributed by atoms with E-state index in [0.29, 0.717) is 5.69 Å². The molecule has 0 radical (unpaired) electrons. The quantitative estimate of drug-likeness (QED) is 0.880. The summed E-state index contributed by atoms with van der Waals surface area (Å²) >= 11 is 0. The van der Waals surface area contributed by atoms with E-state index in [1.165, 1.54) is 0 Å². The maximum Gasteiger partial charge on any atom is 0.241 e. The minimum absolute atomic E-state index is 0. The number of hydrogen-bond donors (Lipinski definition) is 2. The summed E-state index contributed by atoms with van der Waals surface area (Å²) in [6.07, 6.45) is 1.69. The van der Waals surface area contributed by atoms with E-state index in [9.17, 15) is 4.79 Å². The van der Waals surface area contributed by atoms with Crippen molar-refractivity contribution < 1.29 is 4.79 Å². The Morgan fingerprint density at radius 2 is 1.94 bits per heavy atom. The molecule has 104 valence electrons. The van der Waals surface area contributed by atoms with Gasteiger partial charge in [-0.2, -0.15) is 0 Å². The number of rotatable bonds is 2. The number of aromatic nitrogens is 1. The fourth-order valence-corrected chi connectivity index (χ4v) is 1.22. The molecule has 1 rings (SSSR count). The van der Waals surface area contributed by atoms with E-state index in [1.807, 2.05) is 33.8 Å². The Bertz CT molecular complexity index is 391. The van der Waals surface area contributed by atoms with Crippen molar-refractivity contribution >= 4 is 36.4 Å². The van der Waals surface area contributed by atoms with Gasteiger partial charge in [0.1, 0.15) is 0 Å². The van der Waals surface area contributed by atoms with Crippen molar-refractivity contribution in [2.75, 3.05) is 5.32 Å². The second-order valence-electron chi connectivity index (χ2n) is 4.97. The number of carbonyl (C=O) groups excluding carboxylic acids is 1. The van der Waals surface area contributed by atoms with Crippen LogP contribution in [0.3, 0.4) is 0 Å². The van der Waals surface area contributed by atoms with E-state index >= 15 is 0 Å². The summed E-state index contributed by atoms with van der Waals surface area (Å²) in [4.78, 5) is 15.9. The van der Waals surface area contributed by atoms with Crippen LogP contribution in [0.15, 0.2) is 18.3 Å². The molecule has 0 aromatic carbocycles. The summed E-state index contributed by atoms with van der Waals surface area (Å²) in [6, 6.07) is 3.06. The minimum atomic E-state index is -0.535. The topological polar surface area (TPSA) is 68.0 Å². The van der Waals surface area contributed by atoms with Gasteiger partial charge in [-0.1, -0.05) is 20.8 Å². The van der Waals surface area contributed by atoms with Gasteiger partial charge < -0.3 is 11.1 Å². The van der Waals surface area contributed by atoms with Gasteiger partial charge in [-0.3, -0.25) is 9.78 Å². The van der Waals surface area contributed by atoms with Crippen LogP contribution >= 0.6 is 24.8 Å². The van der Waals surface area contributed by atoms with Crippen LogP contribution in [0.25, 0.3) is 0 Å². The number of pyridine rings is 1. The first-order chi connectivity index (χ1) is 7.32. The number of amides is 1. The monoisotopic (exact) mass is 293 g/mol. The third-order valence-electron chi connectivity index (χ3n) is 2.48. The molecule has 4 nitrogen and oxygen atoms in total. The molecule has 18 heavy (non-hydrogen) atoms. The molecule has 6 heteroatoms. The molecular weight excluding hydrogens is 273 g/mol. The third kappa shape index (κ3) is 5.21. The summed E-state index contributed by atoms with van der Waals surface area (Å²) in [5, 5.41) is 2.79. The van der Waals surface area contributed by atoms with Crippen molar-refractivity contribution in [3.05, 3.63) is 24.0 Å². The Kier molecular flexibility index (Phi) is 8.19. The molecule has 1 heterocycles. The van der Waals surface area contributed by atoms with Gasteiger partial charge in [-0.15, -0.1) is 24.8 Å². The maximum absolute atomic E-state index is 11.8. The second-order valence-corrected chi connectivity index (χ2v) is 4.97. The molecule has 0 aliphatic rings. The number of hydrogen-bond acceptors (Lipinski definition) is 3. The van der Waals surface area contributed by atoms with Crippen LogP contribution in [0.2, 0.25) is 0 Å². The van der Waals surface area contributed by atoms with Crippen LogP contribution in [0.4, 0.5) is 5.69 Å². The molecule has 1 amide bonds. The molecule has 0 unspecified atom stereocenters. The van der Waals surface area contributed by atoms with Crippen molar-refractivity contribution in [1.82, 2.24) is 4.98 Å². The second kappa shape index (κ2) is 7.56. The highest BCUT2D eigenvalue weighted by atomic mass is 35.5. The number of nitrogens with two attached hydrogens (primary N) is 1. The Morgan fingerprint density at radius 1 is 1.39 bits per heavy atom. The number of halogens is 2. The molecule has 3 N–H and O–H groups in total. The van der Waals surface area contributed by atoms with Gasteiger partial charge in [0.25, 0.3) is 0 Å². The predicted octanol–water partition coefficient (Wildman–Crippen LogP) is 2.55. The van der Waals surface area contributed by atoms with E-state index in [-0.39, 0.29) is 36.1 Å². The number of nitrogens with zero attached hydrogens (tertiary/aromatic N) is 1. The summed E-state index contributed by atoms with van der Waals surface area (Å²) in [5.41, 5.74) is 7.11. The molecule has 0 saturated carbocycles. The fraction of sp³-hybridized carbons (Fsp3) is 0.500. The molecule has 1 atom stereocenters. The Morgan fingerprint density at radius 3 is 2.39 bits per heavy atom. The largest absolute Gasteiger partial charge is 0.323 e. The van der Waals surface area contributed by atoms with Crippen molar-refractivity contribution in [1.29, 1.82) is 0 Å². The Labute approximate surface area is 121 Å². The molecule has 1 aromatic heterocycles. The van der Waals surface area contributed by atoms with Gasteiger partial charge in [0.15, 0.2) is 0 Å². The molecular formula is C12H21Cl2N3O. The number of anilines is 1. The van der Waals surface area contributed by atoms with Gasteiger partial charge in [-0.25, -0.2) is 0 Å². The van der Waals surface area contributed by atoms with Crippen molar-refractivity contribution in [3.63, 3.8) is 0 Å². The Balaban J connectivity index is 0. The average molecular weight is 294 g/mol. The van der Waals surface area contributed by atoms with Crippen molar-refractivity contribution in [3.8, 4) is 0 Å². The highest BCUT2D eigenvalue weighted by Crippen LogP contribution is 2.19. The normalized spacial score (nSPS) is 11.8. The zero-order chi connectivity index (χ0) is 12.3. The predicted molar refractivity (Wildman–Crippen MR) is 79.5 cm³/mol. The molecule has 0 spiro atoms. The molecule has 0 aliphatic carbocycles. The molecule has 0 bridgehead atoms. The van der Waals surface area contributed by atoms with Gasteiger partial charge in [0.2, 0.25) is 5.91 Å². The smallest absolute Gasteiger partial charge is 0.241 e. The zero-order valence-electron chi connectivity index (χ0n) is 11.1. The molecule has 0 saturated heterocycles. The van der Waals surface area contributed by atoms with Crippen LogP contribution in [-0.4, -0.2) is 16.9 Å². The van der Waals surface area contributed by atoms with Crippen LogP contribution in [-0.2, 0) is 4.79 Å². The lowest BCUT2D eigenvalue weighted by Gasteiger charge is -2.25. The minimum Gasteiger partial charge on any atom is -0.323 e. The molecule has 1 aromatic rings. The maximum atomic E-state index is 11.8. The summed E-state index contributed by atoms with van der Waals surface area (Å²) in [7, 11) is 0. The fourth-order valence-electron chi connectivity index (χ4n) is 1.22. The summed E-state index contributed by atoms with van der Waals surface area (Å²) < 4.78 is 0. The Hall–Kier alpha value is -0.840. The third-order valence-corrected chi connectivity index (χ3v) is 2.48. The first kappa shape index (κ1) is 19.5. The van der Waals surface area contributed by atoms with Crippen molar-refractivity contribution in [2.45, 2.75) is 33.7 Å². The number of carbonyl (C=O) groups is 1. The summed E-state index contributed by atoms with van der Waals surface area (Å²) in [6.45, 7) is 7.66. The van der Waals surface area contributed by atoms with Crippen LogP contribution in [0, 0.1) is 12.3 Å².